The molecule has 0 saturated carbocycles. The number of nitrogens with zero attached hydrogens (tertiary/aromatic N) is 2. The summed E-state index contributed by atoms with van der Waals surface area (Å²) in [5.41, 5.74) is 0.349. The lowest BCUT2D eigenvalue weighted by molar-refractivity contribution is 0.636. The molecule has 15 heavy (non-hydrogen) atoms. The molecule has 2 aromatic rings. The van der Waals surface area contributed by atoms with Crippen LogP contribution in [0.4, 0.5) is 10.2 Å². The van der Waals surface area contributed by atoms with E-state index in [4.69, 9.17) is 0 Å². The minimum Gasteiger partial charge on any atom is -0.373 e. The van der Waals surface area contributed by atoms with Crippen LogP contribution in [0.2, 0.25) is 0 Å². The topological polar surface area (TPSA) is 37.8 Å². The first-order valence-corrected chi connectivity index (χ1v) is 4.90. The molecule has 1 aromatic carbocycles. The Kier molecular flexibility index (Phi) is 3.97. The van der Waals surface area contributed by atoms with E-state index in [1.807, 2.05) is 13.8 Å². The molecular formula is C11H14FN3. The van der Waals surface area contributed by atoms with Crippen molar-refractivity contribution in [3.8, 4) is 0 Å². The summed E-state index contributed by atoms with van der Waals surface area (Å²) in [6.07, 6.45) is 1.34. The Morgan fingerprint density at radius 1 is 1.20 bits per heavy atom. The number of hydrogen-bond donors (Lipinski definition) is 1. The van der Waals surface area contributed by atoms with Gasteiger partial charge in [0, 0.05) is 12.4 Å². The predicted molar refractivity (Wildman–Crippen MR) is 60.4 cm³/mol. The van der Waals surface area contributed by atoms with Crippen LogP contribution in [0.3, 0.4) is 0 Å². The largest absolute Gasteiger partial charge is 0.373 e. The van der Waals surface area contributed by atoms with Gasteiger partial charge in [-0.2, -0.15) is 0 Å². The van der Waals surface area contributed by atoms with Crippen LogP contribution in [0, 0.1) is 5.82 Å². The average molecular weight is 207 g/mol. The summed E-state index contributed by atoms with van der Waals surface area (Å²) in [5, 5.41) is 3.58. The van der Waals surface area contributed by atoms with Crippen molar-refractivity contribution in [2.75, 3.05) is 12.4 Å². The van der Waals surface area contributed by atoms with E-state index < -0.39 is 0 Å². The third-order valence-electron chi connectivity index (χ3n) is 1.85. The second-order valence-electron chi connectivity index (χ2n) is 2.61. The lowest BCUT2D eigenvalue weighted by Gasteiger charge is -2.03. The Bertz CT molecular complexity index is 443. The Morgan fingerprint density at radius 3 is 2.60 bits per heavy atom. The van der Waals surface area contributed by atoms with Gasteiger partial charge in [0.2, 0.25) is 0 Å². The monoisotopic (exact) mass is 207 g/mol. The second kappa shape index (κ2) is 5.24. The van der Waals surface area contributed by atoms with Gasteiger partial charge in [-0.1, -0.05) is 19.9 Å². The van der Waals surface area contributed by atoms with Crippen molar-refractivity contribution >= 4 is 16.7 Å². The van der Waals surface area contributed by atoms with Gasteiger partial charge in [0.05, 0.1) is 0 Å². The quantitative estimate of drug-likeness (QED) is 0.781. The third kappa shape index (κ3) is 2.21. The van der Waals surface area contributed by atoms with E-state index >= 15 is 0 Å². The molecule has 4 heteroatoms. The molecule has 0 atom stereocenters. The molecule has 0 fully saturated rings. The van der Waals surface area contributed by atoms with Crippen molar-refractivity contribution in [3.05, 3.63) is 30.3 Å². The number of anilines is 1. The van der Waals surface area contributed by atoms with Gasteiger partial charge in [0.25, 0.3) is 0 Å². The fourth-order valence-electron chi connectivity index (χ4n) is 1.25. The number of nitrogens with one attached hydrogen (secondary N) is 1. The highest BCUT2D eigenvalue weighted by molar-refractivity contribution is 5.88. The Balaban J connectivity index is 0.000000531. The first-order chi connectivity index (χ1) is 7.33. The summed E-state index contributed by atoms with van der Waals surface area (Å²) >= 11 is 0. The summed E-state index contributed by atoms with van der Waals surface area (Å²) in [5.74, 6) is 0.320. The van der Waals surface area contributed by atoms with E-state index in [-0.39, 0.29) is 5.82 Å². The van der Waals surface area contributed by atoms with Crippen LogP contribution in [-0.2, 0) is 0 Å². The van der Waals surface area contributed by atoms with E-state index in [9.17, 15) is 4.39 Å². The van der Waals surface area contributed by atoms with Crippen molar-refractivity contribution in [1.82, 2.24) is 9.97 Å². The highest BCUT2D eigenvalue weighted by Gasteiger charge is 2.04. The van der Waals surface area contributed by atoms with Gasteiger partial charge in [0.15, 0.2) is 0 Å². The molecule has 0 unspecified atom stereocenters. The fraction of sp³-hybridized carbons (Fsp3) is 0.273. The van der Waals surface area contributed by atoms with Crippen LogP contribution >= 0.6 is 0 Å². The number of fused-ring (bicyclic) bond motifs is 1. The fourth-order valence-corrected chi connectivity index (χ4v) is 1.25. The molecule has 0 aliphatic rings. The first kappa shape index (κ1) is 11.4. The third-order valence-corrected chi connectivity index (χ3v) is 1.85. The Morgan fingerprint density at radius 2 is 1.93 bits per heavy atom. The number of hydrogen-bond acceptors (Lipinski definition) is 3. The summed E-state index contributed by atoms with van der Waals surface area (Å²) in [6, 6.07) is 4.81. The zero-order chi connectivity index (χ0) is 11.3. The summed E-state index contributed by atoms with van der Waals surface area (Å²) in [4.78, 5) is 7.84. The van der Waals surface area contributed by atoms with Crippen molar-refractivity contribution in [3.63, 3.8) is 0 Å². The number of aromatic nitrogens is 2. The van der Waals surface area contributed by atoms with E-state index in [1.54, 1.807) is 19.2 Å². The molecule has 0 spiro atoms. The maximum atomic E-state index is 13.2. The lowest BCUT2D eigenvalue weighted by Crippen LogP contribution is -1.95. The summed E-state index contributed by atoms with van der Waals surface area (Å²) < 4.78 is 13.2. The standard InChI is InChI=1S/C9H8FN3.C2H6/c1-11-9-6-3-2-4-7(10)8(6)12-5-13-9;1-2/h2-5H,1H3,(H,11,12,13);1-2H3. The van der Waals surface area contributed by atoms with Crippen molar-refractivity contribution in [2.24, 2.45) is 0 Å². The van der Waals surface area contributed by atoms with Crippen LogP contribution in [0.5, 0.6) is 0 Å². The molecule has 1 N–H and O–H groups in total. The summed E-state index contributed by atoms with van der Waals surface area (Å²) in [7, 11) is 1.74. The van der Waals surface area contributed by atoms with Gasteiger partial charge < -0.3 is 5.32 Å². The average Bonchev–Trinajstić information content (AvgIpc) is 2.32. The molecule has 1 heterocycles. The number of halogens is 1. The van der Waals surface area contributed by atoms with Crippen LogP contribution in [-0.4, -0.2) is 17.0 Å². The van der Waals surface area contributed by atoms with Crippen LogP contribution in [0.25, 0.3) is 10.9 Å². The Hall–Kier alpha value is -1.71. The minimum atomic E-state index is -0.323. The van der Waals surface area contributed by atoms with Crippen molar-refractivity contribution in [2.45, 2.75) is 13.8 Å². The molecule has 0 aliphatic heterocycles. The van der Waals surface area contributed by atoms with Crippen LogP contribution < -0.4 is 5.32 Å². The molecule has 0 saturated heterocycles. The van der Waals surface area contributed by atoms with E-state index in [1.165, 1.54) is 12.4 Å². The van der Waals surface area contributed by atoms with Crippen molar-refractivity contribution < 1.29 is 4.39 Å². The van der Waals surface area contributed by atoms with Gasteiger partial charge in [-0.3, -0.25) is 0 Å². The summed E-state index contributed by atoms with van der Waals surface area (Å²) in [6.45, 7) is 4.00. The van der Waals surface area contributed by atoms with Crippen LogP contribution in [0.1, 0.15) is 13.8 Å². The van der Waals surface area contributed by atoms with Gasteiger partial charge >= 0.3 is 0 Å². The molecule has 0 bridgehead atoms. The lowest BCUT2D eigenvalue weighted by atomic mass is 10.2. The molecular weight excluding hydrogens is 193 g/mol. The number of benzene rings is 1. The zero-order valence-corrected chi connectivity index (χ0v) is 9.08. The van der Waals surface area contributed by atoms with Gasteiger partial charge in [0.1, 0.15) is 23.5 Å². The Labute approximate surface area is 88.4 Å². The van der Waals surface area contributed by atoms with Crippen molar-refractivity contribution in [1.29, 1.82) is 0 Å². The highest BCUT2D eigenvalue weighted by Crippen LogP contribution is 2.20. The SMILES string of the molecule is CC.CNc1ncnc2c(F)cccc12. The molecule has 0 radical (unpaired) electrons. The molecule has 2 rings (SSSR count). The molecule has 0 aliphatic carbocycles. The molecule has 80 valence electrons. The normalized spacial score (nSPS) is 9.33. The van der Waals surface area contributed by atoms with E-state index in [2.05, 4.69) is 15.3 Å². The van der Waals surface area contributed by atoms with E-state index in [0.29, 0.717) is 16.7 Å². The highest BCUT2D eigenvalue weighted by atomic mass is 19.1. The minimum absolute atomic E-state index is 0.323. The second-order valence-corrected chi connectivity index (χ2v) is 2.61. The molecule has 0 amide bonds. The van der Waals surface area contributed by atoms with E-state index in [0.717, 1.165) is 0 Å². The van der Waals surface area contributed by atoms with Gasteiger partial charge in [-0.05, 0) is 12.1 Å². The van der Waals surface area contributed by atoms with Gasteiger partial charge in [-0.15, -0.1) is 0 Å². The zero-order valence-electron chi connectivity index (χ0n) is 9.08. The first-order valence-electron chi connectivity index (χ1n) is 4.90. The van der Waals surface area contributed by atoms with Gasteiger partial charge in [-0.25, -0.2) is 14.4 Å². The number of para-hydroxylation sites is 1. The molecule has 3 nitrogen and oxygen atoms in total. The smallest absolute Gasteiger partial charge is 0.149 e. The maximum absolute atomic E-state index is 13.2. The predicted octanol–water partition coefficient (Wildman–Crippen LogP) is 2.84. The molecule has 1 aromatic heterocycles. The number of rotatable bonds is 1. The van der Waals surface area contributed by atoms with Crippen LogP contribution in [0.15, 0.2) is 24.5 Å². The maximum Gasteiger partial charge on any atom is 0.149 e.